The summed E-state index contributed by atoms with van der Waals surface area (Å²) in [6.07, 6.45) is 2.32. The molecule has 1 aromatic carbocycles. The lowest BCUT2D eigenvalue weighted by Crippen LogP contribution is -2.41. The summed E-state index contributed by atoms with van der Waals surface area (Å²) in [6.45, 7) is 6.63. The quantitative estimate of drug-likeness (QED) is 0.893. The van der Waals surface area contributed by atoms with Crippen LogP contribution < -0.4 is 14.9 Å². The van der Waals surface area contributed by atoms with Crippen LogP contribution in [-0.2, 0) is 10.0 Å². The van der Waals surface area contributed by atoms with Gasteiger partial charge in [-0.3, -0.25) is 4.99 Å². The van der Waals surface area contributed by atoms with Crippen molar-refractivity contribution < 1.29 is 8.42 Å². The highest BCUT2D eigenvalue weighted by atomic mass is 32.2. The van der Waals surface area contributed by atoms with Crippen molar-refractivity contribution in [2.75, 3.05) is 29.9 Å². The summed E-state index contributed by atoms with van der Waals surface area (Å²) >= 11 is 0. The second-order valence-electron chi connectivity index (χ2n) is 6.19. The van der Waals surface area contributed by atoms with Gasteiger partial charge in [0.25, 0.3) is 10.0 Å². The Balaban J connectivity index is 1.92. The van der Waals surface area contributed by atoms with E-state index in [4.69, 9.17) is 0 Å². The molecule has 0 aliphatic carbocycles. The number of guanidine groups is 1. The normalized spacial score (nSPS) is 21.6. The Morgan fingerprint density at radius 2 is 2.00 bits per heavy atom. The predicted molar refractivity (Wildman–Crippen MR) is 89.0 cm³/mol. The summed E-state index contributed by atoms with van der Waals surface area (Å²) in [5.41, 5.74) is 1.55. The largest absolute Gasteiger partial charge is 0.371 e. The lowest BCUT2D eigenvalue weighted by molar-refractivity contribution is 0.591. The van der Waals surface area contributed by atoms with Crippen LogP contribution in [0.5, 0.6) is 0 Å². The van der Waals surface area contributed by atoms with E-state index < -0.39 is 10.0 Å². The van der Waals surface area contributed by atoms with Gasteiger partial charge >= 0.3 is 0 Å². The molecule has 0 bridgehead atoms. The van der Waals surface area contributed by atoms with Crippen molar-refractivity contribution in [1.82, 2.24) is 4.72 Å². The molecule has 0 aromatic heterocycles. The first kappa shape index (κ1) is 15.1. The highest BCUT2D eigenvalue weighted by molar-refractivity contribution is 7.90. The Bertz CT molecular complexity index is 691. The molecule has 2 N–H and O–H groups in total. The molecule has 6 nitrogen and oxygen atoms in total. The number of anilines is 2. The lowest BCUT2D eigenvalue weighted by Gasteiger charge is -2.24. The molecule has 1 fully saturated rings. The van der Waals surface area contributed by atoms with Crippen molar-refractivity contribution in [3.8, 4) is 0 Å². The van der Waals surface area contributed by atoms with Crippen LogP contribution in [-0.4, -0.2) is 34.0 Å². The molecule has 0 radical (unpaired) electrons. The average molecular weight is 322 g/mol. The third-order valence-electron chi connectivity index (χ3n) is 3.82. The molecule has 0 atom stereocenters. The van der Waals surface area contributed by atoms with E-state index in [1.165, 1.54) is 0 Å². The number of nitrogens with one attached hydrogen (secondary N) is 2. The van der Waals surface area contributed by atoms with Crippen LogP contribution in [0, 0.1) is 5.92 Å². The van der Waals surface area contributed by atoms with Crippen molar-refractivity contribution in [3.63, 3.8) is 0 Å². The van der Waals surface area contributed by atoms with Crippen molar-refractivity contribution in [3.05, 3.63) is 18.2 Å². The van der Waals surface area contributed by atoms with E-state index in [1.54, 1.807) is 6.07 Å². The van der Waals surface area contributed by atoms with Crippen LogP contribution in [0.15, 0.2) is 28.1 Å². The van der Waals surface area contributed by atoms with E-state index in [2.05, 4.69) is 19.9 Å². The van der Waals surface area contributed by atoms with E-state index >= 15 is 0 Å². The molecule has 2 aliphatic rings. The number of sulfonamides is 1. The van der Waals surface area contributed by atoms with Crippen LogP contribution in [0.2, 0.25) is 0 Å². The maximum Gasteiger partial charge on any atom is 0.266 e. The topological polar surface area (TPSA) is 73.8 Å². The summed E-state index contributed by atoms with van der Waals surface area (Å²) in [5.74, 6) is 0.674. The number of benzene rings is 1. The van der Waals surface area contributed by atoms with Gasteiger partial charge in [0.1, 0.15) is 4.90 Å². The molecule has 1 saturated heterocycles. The van der Waals surface area contributed by atoms with Gasteiger partial charge in [-0.2, -0.15) is 0 Å². The first-order chi connectivity index (χ1) is 10.5. The number of hydrogen-bond donors (Lipinski definition) is 2. The molecule has 2 heterocycles. The first-order valence-electron chi connectivity index (χ1n) is 7.69. The summed E-state index contributed by atoms with van der Waals surface area (Å²) in [5, 5.41) is 3.07. The van der Waals surface area contributed by atoms with Crippen LogP contribution in [0.1, 0.15) is 26.7 Å². The molecule has 120 valence electrons. The van der Waals surface area contributed by atoms with E-state index in [1.807, 2.05) is 26.0 Å². The van der Waals surface area contributed by atoms with Gasteiger partial charge in [-0.25, -0.2) is 13.1 Å². The molecule has 1 aromatic rings. The van der Waals surface area contributed by atoms with Gasteiger partial charge in [0.05, 0.1) is 5.69 Å². The summed E-state index contributed by atoms with van der Waals surface area (Å²) in [7, 11) is -3.56. The molecule has 0 unspecified atom stereocenters. The van der Waals surface area contributed by atoms with Gasteiger partial charge in [0.2, 0.25) is 5.96 Å². The van der Waals surface area contributed by atoms with Gasteiger partial charge in [-0.1, -0.05) is 13.8 Å². The molecule has 2 aliphatic heterocycles. The third-order valence-corrected chi connectivity index (χ3v) is 5.20. The Morgan fingerprint density at radius 3 is 2.68 bits per heavy atom. The SMILES string of the molecule is CC(C)CN=C1Nc2ccc(N3CCCC3)cc2S(=O)(=O)N1. The molecule has 22 heavy (non-hydrogen) atoms. The Hall–Kier alpha value is -1.76. The van der Waals surface area contributed by atoms with E-state index in [9.17, 15) is 8.42 Å². The van der Waals surface area contributed by atoms with Crippen LogP contribution in [0.4, 0.5) is 11.4 Å². The standard InChI is InChI=1S/C15H22N4O2S/c1-11(2)10-16-15-17-13-6-5-12(19-7-3-4-8-19)9-14(13)22(20,21)18-15/h5-6,9,11H,3-4,7-8,10H2,1-2H3,(H2,16,17,18). The zero-order valence-electron chi connectivity index (χ0n) is 13.0. The van der Waals surface area contributed by atoms with Gasteiger partial charge < -0.3 is 10.2 Å². The zero-order valence-corrected chi connectivity index (χ0v) is 13.8. The number of hydrogen-bond acceptors (Lipinski definition) is 4. The maximum absolute atomic E-state index is 12.4. The minimum Gasteiger partial charge on any atom is -0.371 e. The maximum atomic E-state index is 12.4. The van der Waals surface area contributed by atoms with Crippen molar-refractivity contribution >= 4 is 27.4 Å². The number of aliphatic imine (C=N–C) groups is 1. The Kier molecular flexibility index (Phi) is 3.99. The van der Waals surface area contributed by atoms with Gasteiger partial charge in [-0.15, -0.1) is 0 Å². The Labute approximate surface area is 131 Å². The molecule has 0 amide bonds. The zero-order chi connectivity index (χ0) is 15.7. The average Bonchev–Trinajstić information content (AvgIpc) is 2.98. The monoisotopic (exact) mass is 322 g/mol. The minimum absolute atomic E-state index is 0.292. The second kappa shape index (κ2) is 5.79. The smallest absolute Gasteiger partial charge is 0.266 e. The summed E-state index contributed by atoms with van der Waals surface area (Å²) in [6, 6.07) is 5.54. The fourth-order valence-corrected chi connectivity index (χ4v) is 3.85. The number of fused-ring (bicyclic) bond motifs is 1. The fraction of sp³-hybridized carbons (Fsp3) is 0.533. The molecule has 3 rings (SSSR count). The van der Waals surface area contributed by atoms with Gasteiger partial charge in [0.15, 0.2) is 0 Å². The van der Waals surface area contributed by atoms with Gasteiger partial charge in [-0.05, 0) is 37.0 Å². The fourth-order valence-electron chi connectivity index (χ4n) is 2.69. The van der Waals surface area contributed by atoms with Crippen LogP contribution in [0.25, 0.3) is 0 Å². The van der Waals surface area contributed by atoms with Crippen molar-refractivity contribution in [1.29, 1.82) is 0 Å². The van der Waals surface area contributed by atoms with Gasteiger partial charge in [0, 0.05) is 25.3 Å². The summed E-state index contributed by atoms with van der Waals surface area (Å²) in [4.78, 5) is 6.79. The first-order valence-corrected chi connectivity index (χ1v) is 9.17. The highest BCUT2D eigenvalue weighted by Crippen LogP contribution is 2.30. The van der Waals surface area contributed by atoms with Crippen molar-refractivity contribution in [2.45, 2.75) is 31.6 Å². The molecule has 0 spiro atoms. The number of nitrogens with zero attached hydrogens (tertiary/aromatic N) is 2. The third kappa shape index (κ3) is 3.04. The lowest BCUT2D eigenvalue weighted by atomic mass is 10.2. The van der Waals surface area contributed by atoms with E-state index in [-0.39, 0.29) is 0 Å². The van der Waals surface area contributed by atoms with Crippen molar-refractivity contribution in [2.24, 2.45) is 10.9 Å². The Morgan fingerprint density at radius 1 is 1.27 bits per heavy atom. The predicted octanol–water partition coefficient (Wildman–Crippen LogP) is 2.00. The molecular formula is C15H22N4O2S. The van der Waals surface area contributed by atoms with Crippen LogP contribution >= 0.6 is 0 Å². The summed E-state index contributed by atoms with van der Waals surface area (Å²) < 4.78 is 27.4. The molecule has 0 saturated carbocycles. The van der Waals surface area contributed by atoms with E-state index in [0.29, 0.717) is 29.0 Å². The second-order valence-corrected chi connectivity index (χ2v) is 7.84. The molecular weight excluding hydrogens is 300 g/mol. The minimum atomic E-state index is -3.56. The number of rotatable bonds is 3. The highest BCUT2D eigenvalue weighted by Gasteiger charge is 2.27. The van der Waals surface area contributed by atoms with Crippen LogP contribution in [0.3, 0.4) is 0 Å². The molecule has 7 heteroatoms. The van der Waals surface area contributed by atoms with E-state index in [0.717, 1.165) is 31.6 Å².